The Bertz CT molecular complexity index is 295. The monoisotopic (exact) mass is 178 g/mol. The zero-order valence-electron chi connectivity index (χ0n) is 8.75. The second-order valence-corrected chi connectivity index (χ2v) is 4.61. The highest BCUT2D eigenvalue weighted by molar-refractivity contribution is 5.15. The average Bonchev–Trinajstić information content (AvgIpc) is 2.83. The zero-order valence-corrected chi connectivity index (χ0v) is 8.75. The fourth-order valence-electron chi connectivity index (χ4n) is 1.66. The maximum Gasteiger partial charge on any atom is 0.0572 e. The van der Waals surface area contributed by atoms with Crippen LogP contribution in [0.25, 0.3) is 0 Å². The van der Waals surface area contributed by atoms with Crippen molar-refractivity contribution in [1.82, 2.24) is 9.78 Å². The molecular weight excluding hydrogens is 160 g/mol. The first-order valence-electron chi connectivity index (χ1n) is 5.19. The third-order valence-corrected chi connectivity index (χ3v) is 3.11. The van der Waals surface area contributed by atoms with Gasteiger partial charge in [0.1, 0.15) is 0 Å². The van der Waals surface area contributed by atoms with Gasteiger partial charge in [-0.25, -0.2) is 0 Å². The summed E-state index contributed by atoms with van der Waals surface area (Å²) in [5, 5.41) is 4.44. The Morgan fingerprint density at radius 2 is 2.23 bits per heavy atom. The molecule has 0 amide bonds. The lowest BCUT2D eigenvalue weighted by Crippen LogP contribution is -2.28. The van der Waals surface area contributed by atoms with Gasteiger partial charge in [-0.05, 0) is 39.2 Å². The molecule has 0 atom stereocenters. The number of hydrogen-bond acceptors (Lipinski definition) is 1. The smallest absolute Gasteiger partial charge is 0.0572 e. The van der Waals surface area contributed by atoms with E-state index in [0.29, 0.717) is 0 Å². The van der Waals surface area contributed by atoms with Crippen molar-refractivity contribution in [3.05, 3.63) is 18.0 Å². The van der Waals surface area contributed by atoms with E-state index in [4.69, 9.17) is 0 Å². The van der Waals surface area contributed by atoms with E-state index in [0.717, 1.165) is 12.3 Å². The Morgan fingerprint density at radius 1 is 1.54 bits per heavy atom. The summed E-state index contributed by atoms with van der Waals surface area (Å²) in [5.74, 6) is 0.799. The minimum atomic E-state index is 0.182. The molecule has 72 valence electrons. The van der Waals surface area contributed by atoms with E-state index in [2.05, 4.69) is 36.6 Å². The minimum absolute atomic E-state index is 0.182. The van der Waals surface area contributed by atoms with E-state index in [-0.39, 0.29) is 5.54 Å². The highest BCUT2D eigenvalue weighted by atomic mass is 15.3. The Kier molecular flexibility index (Phi) is 1.94. The molecule has 0 unspecified atom stereocenters. The topological polar surface area (TPSA) is 17.8 Å². The van der Waals surface area contributed by atoms with Gasteiger partial charge in [-0.1, -0.05) is 6.92 Å². The van der Waals surface area contributed by atoms with Crippen LogP contribution in [-0.4, -0.2) is 9.78 Å². The SMILES string of the molecule is CCC(C)(C)n1nccc1C1CC1. The Morgan fingerprint density at radius 3 is 2.77 bits per heavy atom. The van der Waals surface area contributed by atoms with Crippen molar-refractivity contribution in [1.29, 1.82) is 0 Å². The van der Waals surface area contributed by atoms with Gasteiger partial charge in [0.15, 0.2) is 0 Å². The summed E-state index contributed by atoms with van der Waals surface area (Å²) in [5.41, 5.74) is 1.62. The third-order valence-electron chi connectivity index (χ3n) is 3.11. The first-order valence-corrected chi connectivity index (χ1v) is 5.19. The largest absolute Gasteiger partial charge is 0.264 e. The van der Waals surface area contributed by atoms with Crippen molar-refractivity contribution in [2.75, 3.05) is 0 Å². The van der Waals surface area contributed by atoms with E-state index >= 15 is 0 Å². The van der Waals surface area contributed by atoms with E-state index < -0.39 is 0 Å². The highest BCUT2D eigenvalue weighted by Crippen LogP contribution is 2.41. The maximum atomic E-state index is 4.44. The zero-order chi connectivity index (χ0) is 9.47. The molecule has 0 N–H and O–H groups in total. The van der Waals surface area contributed by atoms with Crippen LogP contribution in [0, 0.1) is 0 Å². The van der Waals surface area contributed by atoms with Crippen molar-refractivity contribution in [3.8, 4) is 0 Å². The van der Waals surface area contributed by atoms with Crippen molar-refractivity contribution in [2.45, 2.75) is 51.5 Å². The molecule has 0 aliphatic heterocycles. The van der Waals surface area contributed by atoms with Gasteiger partial charge in [0, 0.05) is 17.8 Å². The van der Waals surface area contributed by atoms with Crippen molar-refractivity contribution < 1.29 is 0 Å². The third kappa shape index (κ3) is 1.50. The fourth-order valence-corrected chi connectivity index (χ4v) is 1.66. The molecule has 0 bridgehead atoms. The average molecular weight is 178 g/mol. The van der Waals surface area contributed by atoms with Gasteiger partial charge in [-0.3, -0.25) is 4.68 Å². The lowest BCUT2D eigenvalue weighted by atomic mass is 10.0. The number of rotatable bonds is 3. The maximum absolute atomic E-state index is 4.44. The van der Waals surface area contributed by atoms with Crippen LogP contribution in [-0.2, 0) is 5.54 Å². The molecule has 2 nitrogen and oxygen atoms in total. The van der Waals surface area contributed by atoms with Gasteiger partial charge in [0.2, 0.25) is 0 Å². The summed E-state index contributed by atoms with van der Waals surface area (Å²) in [6, 6.07) is 2.18. The van der Waals surface area contributed by atoms with Crippen molar-refractivity contribution in [3.63, 3.8) is 0 Å². The summed E-state index contributed by atoms with van der Waals surface area (Å²) in [6.07, 6.45) is 5.77. The summed E-state index contributed by atoms with van der Waals surface area (Å²) in [4.78, 5) is 0. The molecule has 1 aromatic rings. The van der Waals surface area contributed by atoms with E-state index in [1.54, 1.807) is 0 Å². The molecule has 1 aliphatic rings. The Labute approximate surface area is 80.0 Å². The molecule has 0 aromatic carbocycles. The molecule has 1 aromatic heterocycles. The number of aromatic nitrogens is 2. The van der Waals surface area contributed by atoms with Crippen molar-refractivity contribution >= 4 is 0 Å². The molecule has 0 spiro atoms. The summed E-state index contributed by atoms with van der Waals surface area (Å²) in [6.45, 7) is 6.73. The van der Waals surface area contributed by atoms with Gasteiger partial charge in [-0.15, -0.1) is 0 Å². The second kappa shape index (κ2) is 2.86. The number of nitrogens with zero attached hydrogens (tertiary/aromatic N) is 2. The van der Waals surface area contributed by atoms with Crippen LogP contribution in [0.3, 0.4) is 0 Å². The lowest BCUT2D eigenvalue weighted by molar-refractivity contribution is 0.298. The summed E-state index contributed by atoms with van der Waals surface area (Å²) < 4.78 is 2.21. The van der Waals surface area contributed by atoms with Gasteiger partial charge in [-0.2, -0.15) is 5.10 Å². The molecule has 0 radical (unpaired) electrons. The molecule has 2 heteroatoms. The van der Waals surface area contributed by atoms with Crippen LogP contribution in [0.15, 0.2) is 12.3 Å². The number of hydrogen-bond donors (Lipinski definition) is 0. The molecule has 13 heavy (non-hydrogen) atoms. The standard InChI is InChI=1S/C11H18N2/c1-4-11(2,3)13-10(7-8-12-13)9-5-6-9/h7-9H,4-6H2,1-3H3. The molecule has 2 rings (SSSR count). The van der Waals surface area contributed by atoms with Crippen LogP contribution in [0.2, 0.25) is 0 Å². The summed E-state index contributed by atoms with van der Waals surface area (Å²) in [7, 11) is 0. The molecular formula is C11H18N2. The lowest BCUT2D eigenvalue weighted by Gasteiger charge is -2.26. The van der Waals surface area contributed by atoms with Crippen LogP contribution in [0.4, 0.5) is 0 Å². The van der Waals surface area contributed by atoms with E-state index in [1.165, 1.54) is 18.5 Å². The van der Waals surface area contributed by atoms with Crippen LogP contribution >= 0.6 is 0 Å². The van der Waals surface area contributed by atoms with Gasteiger partial charge >= 0.3 is 0 Å². The molecule has 1 saturated carbocycles. The first-order chi connectivity index (χ1) is 6.15. The molecule has 0 saturated heterocycles. The Balaban J connectivity index is 2.33. The second-order valence-electron chi connectivity index (χ2n) is 4.61. The van der Waals surface area contributed by atoms with Crippen LogP contribution in [0.5, 0.6) is 0 Å². The van der Waals surface area contributed by atoms with Gasteiger partial charge in [0.25, 0.3) is 0 Å². The van der Waals surface area contributed by atoms with E-state index in [9.17, 15) is 0 Å². The molecule has 1 heterocycles. The minimum Gasteiger partial charge on any atom is -0.264 e. The molecule has 1 fully saturated rings. The first kappa shape index (κ1) is 8.79. The fraction of sp³-hybridized carbons (Fsp3) is 0.727. The van der Waals surface area contributed by atoms with Crippen LogP contribution in [0.1, 0.15) is 51.6 Å². The van der Waals surface area contributed by atoms with Crippen molar-refractivity contribution in [2.24, 2.45) is 0 Å². The quantitative estimate of drug-likeness (QED) is 0.696. The predicted molar refractivity (Wildman–Crippen MR) is 53.8 cm³/mol. The predicted octanol–water partition coefficient (Wildman–Crippen LogP) is 2.91. The highest BCUT2D eigenvalue weighted by Gasteiger charge is 2.31. The normalized spacial score (nSPS) is 17.8. The Hall–Kier alpha value is -0.790. The van der Waals surface area contributed by atoms with E-state index in [1.807, 2.05) is 6.20 Å². The van der Waals surface area contributed by atoms with Crippen LogP contribution < -0.4 is 0 Å². The summed E-state index contributed by atoms with van der Waals surface area (Å²) >= 11 is 0. The van der Waals surface area contributed by atoms with Gasteiger partial charge in [0.05, 0.1) is 5.54 Å². The van der Waals surface area contributed by atoms with Gasteiger partial charge < -0.3 is 0 Å². The molecule has 1 aliphatic carbocycles.